The van der Waals surface area contributed by atoms with E-state index < -0.39 is 17.2 Å². The molecular formula is C16H18F2N2O. The van der Waals surface area contributed by atoms with Crippen LogP contribution in [0.15, 0.2) is 12.1 Å². The lowest BCUT2D eigenvalue weighted by Crippen LogP contribution is -2.53. The molecule has 0 bridgehead atoms. The van der Waals surface area contributed by atoms with Crippen molar-refractivity contribution >= 4 is 5.69 Å². The summed E-state index contributed by atoms with van der Waals surface area (Å²) in [7, 11) is 0. The lowest BCUT2D eigenvalue weighted by molar-refractivity contribution is -0.0613. The van der Waals surface area contributed by atoms with E-state index >= 15 is 0 Å². The third-order valence-corrected chi connectivity index (χ3v) is 4.95. The van der Waals surface area contributed by atoms with Crippen molar-refractivity contribution in [3.05, 3.63) is 29.3 Å². The van der Waals surface area contributed by atoms with Gasteiger partial charge in [-0.15, -0.1) is 0 Å². The van der Waals surface area contributed by atoms with Crippen LogP contribution >= 0.6 is 0 Å². The molecule has 2 atom stereocenters. The predicted octanol–water partition coefficient (Wildman–Crippen LogP) is 2.97. The number of nitrogens with zero attached hydrogens (tertiary/aromatic N) is 2. The number of nitriles is 1. The van der Waals surface area contributed by atoms with Crippen LogP contribution in [0.4, 0.5) is 14.5 Å². The smallest absolute Gasteiger partial charge is 0.183 e. The number of anilines is 1. The summed E-state index contributed by atoms with van der Waals surface area (Å²) in [4.78, 5) is 1.80. The van der Waals surface area contributed by atoms with Crippen LogP contribution in [0.3, 0.4) is 0 Å². The third-order valence-electron chi connectivity index (χ3n) is 4.95. The highest BCUT2D eigenvalue weighted by Crippen LogP contribution is 2.41. The minimum absolute atomic E-state index is 0.109. The maximum absolute atomic E-state index is 14.1. The molecule has 1 aliphatic carbocycles. The molecule has 2 unspecified atom stereocenters. The Hall–Kier alpha value is -1.67. The zero-order chi connectivity index (χ0) is 15.0. The van der Waals surface area contributed by atoms with Gasteiger partial charge in [-0.3, -0.25) is 0 Å². The van der Waals surface area contributed by atoms with Crippen molar-refractivity contribution in [1.29, 1.82) is 5.26 Å². The molecule has 1 N–H and O–H groups in total. The molecule has 1 aromatic carbocycles. The Bertz CT molecular complexity index is 599. The minimum atomic E-state index is -1.08. The molecule has 2 fully saturated rings. The van der Waals surface area contributed by atoms with Gasteiger partial charge < -0.3 is 10.0 Å². The molecule has 1 aromatic rings. The van der Waals surface area contributed by atoms with Crippen molar-refractivity contribution in [2.45, 2.75) is 37.7 Å². The summed E-state index contributed by atoms with van der Waals surface area (Å²) in [6, 6.07) is 4.42. The second-order valence-electron chi connectivity index (χ2n) is 6.11. The third kappa shape index (κ3) is 2.38. The lowest BCUT2D eigenvalue weighted by atomic mass is 9.71. The molecule has 0 radical (unpaired) electrons. The van der Waals surface area contributed by atoms with Gasteiger partial charge in [-0.1, -0.05) is 12.8 Å². The van der Waals surface area contributed by atoms with Crippen molar-refractivity contribution in [2.75, 3.05) is 18.0 Å². The molecule has 1 aliphatic heterocycles. The first-order valence-corrected chi connectivity index (χ1v) is 7.40. The molecule has 0 amide bonds. The van der Waals surface area contributed by atoms with Gasteiger partial charge in [-0.2, -0.15) is 5.26 Å². The van der Waals surface area contributed by atoms with Crippen LogP contribution in [0.25, 0.3) is 0 Å². The quantitative estimate of drug-likeness (QED) is 0.865. The number of hydrogen-bond acceptors (Lipinski definition) is 3. The monoisotopic (exact) mass is 292 g/mol. The van der Waals surface area contributed by atoms with Crippen LogP contribution in [0, 0.1) is 28.9 Å². The van der Waals surface area contributed by atoms with Gasteiger partial charge in [0.15, 0.2) is 11.6 Å². The number of piperidine rings is 1. The minimum Gasteiger partial charge on any atom is -0.389 e. The summed E-state index contributed by atoms with van der Waals surface area (Å²) < 4.78 is 27.9. The van der Waals surface area contributed by atoms with E-state index in [4.69, 9.17) is 5.26 Å². The van der Waals surface area contributed by atoms with Crippen molar-refractivity contribution in [1.82, 2.24) is 0 Å². The van der Waals surface area contributed by atoms with Gasteiger partial charge in [0.05, 0.1) is 16.9 Å². The van der Waals surface area contributed by atoms with Gasteiger partial charge in [0.1, 0.15) is 6.07 Å². The molecule has 112 valence electrons. The zero-order valence-corrected chi connectivity index (χ0v) is 11.8. The van der Waals surface area contributed by atoms with E-state index in [0.717, 1.165) is 25.7 Å². The van der Waals surface area contributed by atoms with E-state index in [-0.39, 0.29) is 17.2 Å². The number of benzene rings is 1. The van der Waals surface area contributed by atoms with Crippen molar-refractivity contribution in [2.24, 2.45) is 5.92 Å². The van der Waals surface area contributed by atoms with Gasteiger partial charge in [-0.25, -0.2) is 8.78 Å². The van der Waals surface area contributed by atoms with E-state index in [2.05, 4.69) is 0 Å². The summed E-state index contributed by atoms with van der Waals surface area (Å²) in [5, 5.41) is 19.4. The molecule has 1 saturated carbocycles. The van der Waals surface area contributed by atoms with E-state index in [1.165, 1.54) is 12.1 Å². The molecule has 1 saturated heterocycles. The Morgan fingerprint density at radius 1 is 1.24 bits per heavy atom. The Kier molecular flexibility index (Phi) is 3.58. The maximum Gasteiger partial charge on any atom is 0.183 e. The molecule has 21 heavy (non-hydrogen) atoms. The van der Waals surface area contributed by atoms with E-state index in [1.807, 2.05) is 0 Å². The molecule has 5 heteroatoms. The normalized spacial score (nSPS) is 28.9. The highest BCUT2D eigenvalue weighted by Gasteiger charge is 2.43. The van der Waals surface area contributed by atoms with Gasteiger partial charge in [-0.05, 0) is 31.4 Å². The van der Waals surface area contributed by atoms with Crippen LogP contribution in [0.2, 0.25) is 0 Å². The first kappa shape index (κ1) is 14.3. The average Bonchev–Trinajstić information content (AvgIpc) is 2.49. The Labute approximate surface area is 122 Å². The van der Waals surface area contributed by atoms with Crippen LogP contribution < -0.4 is 4.90 Å². The van der Waals surface area contributed by atoms with Crippen molar-refractivity contribution < 1.29 is 13.9 Å². The number of fused-ring (bicyclic) bond motifs is 1. The van der Waals surface area contributed by atoms with Gasteiger partial charge in [0.25, 0.3) is 0 Å². The largest absolute Gasteiger partial charge is 0.389 e. The molecule has 1 heterocycles. The first-order chi connectivity index (χ1) is 10.0. The van der Waals surface area contributed by atoms with Crippen molar-refractivity contribution in [3.8, 4) is 6.07 Å². The summed E-state index contributed by atoms with van der Waals surface area (Å²) in [6.07, 6.45) is 4.42. The van der Waals surface area contributed by atoms with Gasteiger partial charge >= 0.3 is 0 Å². The lowest BCUT2D eigenvalue weighted by Gasteiger charge is -2.48. The van der Waals surface area contributed by atoms with E-state index in [9.17, 15) is 13.9 Å². The van der Waals surface area contributed by atoms with Crippen LogP contribution in [-0.4, -0.2) is 23.8 Å². The SMILES string of the molecule is N#Cc1ccc(N2CCC3(O)CCCCC3C2)c(F)c1F. The highest BCUT2D eigenvalue weighted by molar-refractivity contribution is 5.52. The standard InChI is InChI=1S/C16H18F2N2O/c17-14-11(9-19)4-5-13(15(14)18)20-8-7-16(21)6-2-1-3-12(16)10-20/h4-5,12,21H,1-3,6-8,10H2. The highest BCUT2D eigenvalue weighted by atomic mass is 19.2. The van der Waals surface area contributed by atoms with Crippen molar-refractivity contribution in [3.63, 3.8) is 0 Å². The van der Waals surface area contributed by atoms with Gasteiger partial charge in [0, 0.05) is 19.0 Å². The first-order valence-electron chi connectivity index (χ1n) is 7.40. The van der Waals surface area contributed by atoms with Crippen LogP contribution in [0.5, 0.6) is 0 Å². The number of hydrogen-bond donors (Lipinski definition) is 1. The fourth-order valence-corrected chi connectivity index (χ4v) is 3.66. The summed E-state index contributed by atoms with van der Waals surface area (Å²) in [6.45, 7) is 1.05. The topological polar surface area (TPSA) is 47.3 Å². The van der Waals surface area contributed by atoms with Crippen LogP contribution in [-0.2, 0) is 0 Å². The molecule has 0 spiro atoms. The summed E-state index contributed by atoms with van der Waals surface area (Å²) in [5.41, 5.74) is -0.724. The van der Waals surface area contributed by atoms with E-state index in [0.29, 0.717) is 19.5 Å². The maximum atomic E-state index is 14.1. The molecule has 3 nitrogen and oxygen atoms in total. The van der Waals surface area contributed by atoms with E-state index in [1.54, 1.807) is 11.0 Å². The van der Waals surface area contributed by atoms with Crippen LogP contribution in [0.1, 0.15) is 37.7 Å². The number of halogens is 2. The fraction of sp³-hybridized carbons (Fsp3) is 0.562. The number of aliphatic hydroxyl groups is 1. The predicted molar refractivity (Wildman–Crippen MR) is 74.8 cm³/mol. The molecule has 2 aliphatic rings. The Morgan fingerprint density at radius 3 is 2.81 bits per heavy atom. The zero-order valence-electron chi connectivity index (χ0n) is 11.8. The second-order valence-corrected chi connectivity index (χ2v) is 6.11. The molecular weight excluding hydrogens is 274 g/mol. The summed E-state index contributed by atoms with van der Waals surface area (Å²) >= 11 is 0. The summed E-state index contributed by atoms with van der Waals surface area (Å²) in [5.74, 6) is -1.94. The van der Waals surface area contributed by atoms with Gasteiger partial charge in [0.2, 0.25) is 0 Å². The Balaban J connectivity index is 1.86. The molecule has 0 aromatic heterocycles. The average molecular weight is 292 g/mol. The second kappa shape index (κ2) is 5.27. The fourth-order valence-electron chi connectivity index (χ4n) is 3.66. The Morgan fingerprint density at radius 2 is 2.05 bits per heavy atom. The number of rotatable bonds is 1. The molecule has 3 rings (SSSR count).